The van der Waals surface area contributed by atoms with Crippen LogP contribution >= 0.6 is 0 Å². The fourth-order valence-electron chi connectivity index (χ4n) is 4.15. The number of carbonyl (C=O) groups is 2. The maximum absolute atomic E-state index is 13.6. The minimum atomic E-state index is -0.330. The third kappa shape index (κ3) is 4.50. The number of nitrogens with zero attached hydrogens (tertiary/aromatic N) is 1. The van der Waals surface area contributed by atoms with E-state index in [0.29, 0.717) is 18.5 Å². The molecule has 0 bridgehead atoms. The van der Waals surface area contributed by atoms with Crippen LogP contribution in [0, 0.1) is 11.8 Å². The Kier molecular flexibility index (Phi) is 5.99. The molecule has 168 valence electrons. The quantitative estimate of drug-likeness (QED) is 0.564. The first-order valence-electron chi connectivity index (χ1n) is 11.3. The van der Waals surface area contributed by atoms with E-state index in [1.165, 1.54) is 0 Å². The SMILES string of the molecule is CC(=O)CCc1ccc(C2=CC(CN3C(=O)c4ccccc4C#Cc4ccccc43)ON2)cc1. The number of hydrogen-bond acceptors (Lipinski definition) is 4. The fraction of sp³-hybridized carbons (Fsp3) is 0.172. The number of amides is 1. The second kappa shape index (κ2) is 9.38. The van der Waals surface area contributed by atoms with Crippen LogP contribution in [0.5, 0.6) is 0 Å². The Hall–Kier alpha value is -4.14. The molecule has 1 atom stereocenters. The van der Waals surface area contributed by atoms with Crippen molar-refractivity contribution in [3.8, 4) is 11.8 Å². The van der Waals surface area contributed by atoms with Crippen LogP contribution in [0.1, 0.15) is 46.0 Å². The lowest BCUT2D eigenvalue weighted by Crippen LogP contribution is -2.39. The molecule has 3 aromatic carbocycles. The molecule has 2 heterocycles. The van der Waals surface area contributed by atoms with Crippen molar-refractivity contribution in [3.63, 3.8) is 0 Å². The molecule has 5 nitrogen and oxygen atoms in total. The number of hydroxylamine groups is 1. The largest absolute Gasteiger partial charge is 0.304 e. The Labute approximate surface area is 199 Å². The van der Waals surface area contributed by atoms with Crippen LogP contribution in [0.4, 0.5) is 5.69 Å². The molecule has 3 aromatic rings. The average molecular weight is 449 g/mol. The van der Waals surface area contributed by atoms with Gasteiger partial charge >= 0.3 is 0 Å². The number of fused-ring (bicyclic) bond motifs is 2. The molecule has 0 saturated heterocycles. The predicted octanol–water partition coefficient (Wildman–Crippen LogP) is 4.51. The number of para-hydroxylation sites is 1. The van der Waals surface area contributed by atoms with E-state index < -0.39 is 0 Å². The van der Waals surface area contributed by atoms with Gasteiger partial charge in [-0.1, -0.05) is 60.4 Å². The number of ketones is 1. The molecular formula is C29H24N2O3. The van der Waals surface area contributed by atoms with Crippen molar-refractivity contribution in [1.82, 2.24) is 5.48 Å². The Balaban J connectivity index is 1.39. The van der Waals surface area contributed by atoms with Crippen molar-refractivity contribution in [2.45, 2.75) is 25.9 Å². The fourth-order valence-corrected chi connectivity index (χ4v) is 4.15. The highest BCUT2D eigenvalue weighted by Crippen LogP contribution is 2.27. The lowest BCUT2D eigenvalue weighted by Gasteiger charge is -2.27. The van der Waals surface area contributed by atoms with Gasteiger partial charge in [0.2, 0.25) is 0 Å². The molecule has 0 radical (unpaired) electrons. The first kappa shape index (κ1) is 21.7. The van der Waals surface area contributed by atoms with Crippen LogP contribution in [-0.2, 0) is 16.1 Å². The molecule has 0 aromatic heterocycles. The summed E-state index contributed by atoms with van der Waals surface area (Å²) in [6, 6.07) is 23.2. The van der Waals surface area contributed by atoms with Crippen LogP contribution in [0.3, 0.4) is 0 Å². The summed E-state index contributed by atoms with van der Waals surface area (Å²) in [6.45, 7) is 1.96. The first-order valence-corrected chi connectivity index (χ1v) is 11.3. The molecule has 0 aliphatic carbocycles. The van der Waals surface area contributed by atoms with Crippen LogP contribution in [0.25, 0.3) is 5.70 Å². The van der Waals surface area contributed by atoms with Gasteiger partial charge in [0.05, 0.1) is 23.5 Å². The number of rotatable bonds is 6. The van der Waals surface area contributed by atoms with Gasteiger partial charge in [0.25, 0.3) is 5.91 Å². The van der Waals surface area contributed by atoms with Crippen molar-refractivity contribution in [3.05, 3.63) is 107 Å². The molecule has 34 heavy (non-hydrogen) atoms. The lowest BCUT2D eigenvalue weighted by molar-refractivity contribution is -0.116. The molecular weight excluding hydrogens is 424 g/mol. The topological polar surface area (TPSA) is 58.6 Å². The zero-order chi connectivity index (χ0) is 23.5. The molecule has 1 unspecified atom stereocenters. The molecule has 5 rings (SSSR count). The third-order valence-electron chi connectivity index (χ3n) is 6.00. The predicted molar refractivity (Wildman–Crippen MR) is 132 cm³/mol. The Morgan fingerprint density at radius 2 is 1.68 bits per heavy atom. The lowest BCUT2D eigenvalue weighted by atomic mass is 10.0. The Bertz CT molecular complexity index is 1350. The highest BCUT2D eigenvalue weighted by molar-refractivity contribution is 6.09. The number of benzene rings is 3. The zero-order valence-electron chi connectivity index (χ0n) is 18.9. The molecule has 5 heteroatoms. The molecule has 2 aliphatic rings. The monoisotopic (exact) mass is 448 g/mol. The van der Waals surface area contributed by atoms with Crippen molar-refractivity contribution in [2.24, 2.45) is 0 Å². The summed E-state index contributed by atoms with van der Waals surface area (Å²) in [5, 5.41) is 0. The Morgan fingerprint density at radius 1 is 0.971 bits per heavy atom. The summed E-state index contributed by atoms with van der Waals surface area (Å²) in [4.78, 5) is 32.4. The maximum Gasteiger partial charge on any atom is 0.259 e. The van der Waals surface area contributed by atoms with Crippen molar-refractivity contribution in [1.29, 1.82) is 0 Å². The average Bonchev–Trinajstić information content (AvgIpc) is 3.33. The number of nitrogens with one attached hydrogen (secondary N) is 1. The van der Waals surface area contributed by atoms with E-state index in [-0.39, 0.29) is 17.8 Å². The minimum absolute atomic E-state index is 0.0997. The van der Waals surface area contributed by atoms with Crippen LogP contribution in [-0.4, -0.2) is 24.3 Å². The third-order valence-corrected chi connectivity index (χ3v) is 6.00. The van der Waals surface area contributed by atoms with Crippen LogP contribution in [0.15, 0.2) is 78.9 Å². The van der Waals surface area contributed by atoms with E-state index >= 15 is 0 Å². The number of carbonyl (C=O) groups excluding carboxylic acids is 2. The first-order chi connectivity index (χ1) is 16.6. The van der Waals surface area contributed by atoms with Gasteiger partial charge in [-0.15, -0.1) is 0 Å². The van der Waals surface area contributed by atoms with Gasteiger partial charge in [-0.2, -0.15) is 0 Å². The van der Waals surface area contributed by atoms with Gasteiger partial charge < -0.3 is 9.69 Å². The number of anilines is 1. The molecule has 1 N–H and O–H groups in total. The number of hydrogen-bond donors (Lipinski definition) is 1. The molecule has 1 amide bonds. The molecule has 0 spiro atoms. The number of aryl methyl sites for hydroxylation is 1. The van der Waals surface area contributed by atoms with Crippen LogP contribution < -0.4 is 10.4 Å². The van der Waals surface area contributed by atoms with Gasteiger partial charge in [0, 0.05) is 17.5 Å². The van der Waals surface area contributed by atoms with Crippen molar-refractivity contribution in [2.75, 3.05) is 11.4 Å². The van der Waals surface area contributed by atoms with E-state index in [4.69, 9.17) is 4.84 Å². The molecule has 0 fully saturated rings. The normalized spacial score (nSPS) is 16.3. The summed E-state index contributed by atoms with van der Waals surface area (Å²) in [5.74, 6) is 6.45. The summed E-state index contributed by atoms with van der Waals surface area (Å²) in [5.41, 5.74) is 8.86. The zero-order valence-corrected chi connectivity index (χ0v) is 18.9. The van der Waals surface area contributed by atoms with E-state index in [2.05, 4.69) is 17.3 Å². The second-order valence-corrected chi connectivity index (χ2v) is 8.47. The van der Waals surface area contributed by atoms with Crippen LogP contribution in [0.2, 0.25) is 0 Å². The van der Waals surface area contributed by atoms with E-state index in [1.54, 1.807) is 11.8 Å². The molecule has 0 saturated carbocycles. The maximum atomic E-state index is 13.6. The van der Waals surface area contributed by atoms with Gasteiger partial charge in [-0.05, 0) is 54.8 Å². The highest BCUT2D eigenvalue weighted by atomic mass is 16.7. The smallest absolute Gasteiger partial charge is 0.259 e. The van der Waals surface area contributed by atoms with Gasteiger partial charge in [-0.3, -0.25) is 15.1 Å². The van der Waals surface area contributed by atoms with E-state index in [1.807, 2.05) is 78.9 Å². The van der Waals surface area contributed by atoms with Gasteiger partial charge in [0.1, 0.15) is 11.9 Å². The van der Waals surface area contributed by atoms with E-state index in [9.17, 15) is 9.59 Å². The standard InChI is InChI=1S/C29H24N2O3/c1-20(32)10-11-21-12-14-23(15-13-21)27-18-25(34-30-27)19-31-28-9-5-3-7-24(28)17-16-22-6-2-4-8-26(22)29(31)33/h2-9,12-15,18,25,30H,10-11,19H2,1H3. The highest BCUT2D eigenvalue weighted by Gasteiger charge is 2.28. The summed E-state index contributed by atoms with van der Waals surface area (Å²) >= 11 is 0. The number of Topliss-reactive ketones (excluding diaryl/α,β-unsaturated/α-hetero) is 1. The summed E-state index contributed by atoms with van der Waals surface area (Å²) in [7, 11) is 0. The minimum Gasteiger partial charge on any atom is -0.304 e. The van der Waals surface area contributed by atoms with Crippen molar-refractivity contribution >= 4 is 23.1 Å². The van der Waals surface area contributed by atoms with Gasteiger partial charge in [0.15, 0.2) is 0 Å². The summed E-state index contributed by atoms with van der Waals surface area (Å²) < 4.78 is 0. The summed E-state index contributed by atoms with van der Waals surface area (Å²) in [6.07, 6.45) is 2.95. The Morgan fingerprint density at radius 3 is 2.47 bits per heavy atom. The molecule has 2 aliphatic heterocycles. The van der Waals surface area contributed by atoms with Crippen molar-refractivity contribution < 1.29 is 14.4 Å². The van der Waals surface area contributed by atoms with E-state index in [0.717, 1.165) is 40.1 Å². The second-order valence-electron chi connectivity index (χ2n) is 8.47. The van der Waals surface area contributed by atoms with Gasteiger partial charge in [-0.25, -0.2) is 0 Å².